The van der Waals surface area contributed by atoms with Crippen molar-refractivity contribution < 1.29 is 27.4 Å². The van der Waals surface area contributed by atoms with Crippen LogP contribution in [0.1, 0.15) is 17.3 Å². The van der Waals surface area contributed by atoms with Crippen molar-refractivity contribution >= 4 is 5.78 Å². The molecule has 1 aromatic carbocycles. The highest BCUT2D eigenvalue weighted by molar-refractivity contribution is 6.03. The first kappa shape index (κ1) is 10.8. The fourth-order valence-electron chi connectivity index (χ4n) is 1.43. The Hall–Kier alpha value is -1.72. The molecule has 1 unspecified atom stereocenters. The number of hydrogen-bond donors (Lipinski definition) is 0. The number of hydrogen-bond acceptors (Lipinski definition) is 3. The first-order chi connectivity index (χ1) is 7.39. The quantitative estimate of drug-likeness (QED) is 0.698. The molecule has 1 aromatic rings. The lowest BCUT2D eigenvalue weighted by atomic mass is 10.1. The summed E-state index contributed by atoms with van der Waals surface area (Å²) in [4.78, 5) is 11.1. The molecule has 6 heteroatoms. The average Bonchev–Trinajstić information content (AvgIpc) is 2.54. The Morgan fingerprint density at radius 1 is 1.31 bits per heavy atom. The zero-order chi connectivity index (χ0) is 11.9. The van der Waals surface area contributed by atoms with Gasteiger partial charge in [-0.15, -0.1) is 0 Å². The van der Waals surface area contributed by atoms with Crippen LogP contribution in [0.3, 0.4) is 0 Å². The number of benzene rings is 1. The van der Waals surface area contributed by atoms with Crippen LogP contribution >= 0.6 is 0 Å². The normalized spacial score (nSPS) is 18.6. The Balaban J connectivity index is 2.45. The molecule has 2 rings (SSSR count). The predicted molar refractivity (Wildman–Crippen MR) is 47.5 cm³/mol. The molecule has 0 fully saturated rings. The molecule has 1 atom stereocenters. The summed E-state index contributed by atoms with van der Waals surface area (Å²) in [6.07, 6.45) is -5.60. The van der Waals surface area contributed by atoms with E-state index in [1.165, 1.54) is 19.1 Å². The minimum absolute atomic E-state index is 0.141. The number of carbonyl (C=O) groups excluding carboxylic acids is 1. The first-order valence-electron chi connectivity index (χ1n) is 4.47. The molecule has 1 aliphatic rings. The average molecular weight is 232 g/mol. The van der Waals surface area contributed by atoms with E-state index in [1.54, 1.807) is 0 Å². The highest BCUT2D eigenvalue weighted by Gasteiger charge is 2.42. The maximum Gasteiger partial charge on any atom is 0.455 e. The van der Waals surface area contributed by atoms with Gasteiger partial charge in [-0.2, -0.15) is 13.2 Å². The molecule has 1 heterocycles. The van der Waals surface area contributed by atoms with Crippen molar-refractivity contribution in [1.82, 2.24) is 0 Å². The van der Waals surface area contributed by atoms with E-state index in [-0.39, 0.29) is 11.5 Å². The highest BCUT2D eigenvalue weighted by atomic mass is 19.4. The van der Waals surface area contributed by atoms with Gasteiger partial charge in [0, 0.05) is 6.92 Å². The maximum absolute atomic E-state index is 12.3. The number of ether oxygens (including phenoxy) is 2. The van der Waals surface area contributed by atoms with Gasteiger partial charge in [-0.05, 0) is 12.1 Å². The topological polar surface area (TPSA) is 35.5 Å². The zero-order valence-corrected chi connectivity index (χ0v) is 8.17. The third-order valence-corrected chi connectivity index (χ3v) is 2.06. The lowest BCUT2D eigenvalue weighted by molar-refractivity contribution is -0.0887. The Morgan fingerprint density at radius 3 is 2.62 bits per heavy atom. The van der Waals surface area contributed by atoms with Crippen LogP contribution < -0.4 is 9.47 Å². The maximum atomic E-state index is 12.3. The van der Waals surface area contributed by atoms with Crippen molar-refractivity contribution in [3.05, 3.63) is 23.8 Å². The molecule has 0 N–H and O–H groups in total. The van der Waals surface area contributed by atoms with Crippen molar-refractivity contribution in [2.45, 2.75) is 19.4 Å². The van der Waals surface area contributed by atoms with E-state index in [9.17, 15) is 18.0 Å². The second kappa shape index (κ2) is 3.40. The van der Waals surface area contributed by atoms with Crippen molar-refractivity contribution in [3.8, 4) is 11.5 Å². The number of para-hydroxylation sites is 1. The molecule has 0 saturated carbocycles. The second-order valence-electron chi connectivity index (χ2n) is 3.26. The SMILES string of the molecule is CC1Oc2cccc(C(=O)C(F)(F)F)c2O1. The summed E-state index contributed by atoms with van der Waals surface area (Å²) in [6.45, 7) is 1.53. The summed E-state index contributed by atoms with van der Waals surface area (Å²) in [5.41, 5.74) is -0.519. The van der Waals surface area contributed by atoms with E-state index in [0.717, 1.165) is 6.07 Å². The van der Waals surface area contributed by atoms with Gasteiger partial charge in [0.2, 0.25) is 6.29 Å². The molecule has 0 aromatic heterocycles. The Labute approximate surface area is 88.8 Å². The Morgan fingerprint density at radius 2 is 2.00 bits per heavy atom. The monoisotopic (exact) mass is 232 g/mol. The van der Waals surface area contributed by atoms with E-state index >= 15 is 0 Å². The summed E-state index contributed by atoms with van der Waals surface area (Å²) in [7, 11) is 0. The van der Waals surface area contributed by atoms with Crippen molar-refractivity contribution in [2.75, 3.05) is 0 Å². The fraction of sp³-hybridized carbons (Fsp3) is 0.300. The van der Waals surface area contributed by atoms with Gasteiger partial charge in [-0.1, -0.05) is 6.07 Å². The van der Waals surface area contributed by atoms with E-state index in [2.05, 4.69) is 0 Å². The van der Waals surface area contributed by atoms with E-state index < -0.39 is 23.8 Å². The summed E-state index contributed by atoms with van der Waals surface area (Å²) in [5.74, 6) is -1.91. The van der Waals surface area contributed by atoms with Gasteiger partial charge in [-0.25, -0.2) is 0 Å². The highest BCUT2D eigenvalue weighted by Crippen LogP contribution is 2.39. The van der Waals surface area contributed by atoms with Gasteiger partial charge in [0.05, 0.1) is 5.56 Å². The molecular formula is C10H7F3O3. The van der Waals surface area contributed by atoms with Crippen LogP contribution in [-0.2, 0) is 0 Å². The molecule has 0 bridgehead atoms. The van der Waals surface area contributed by atoms with Crippen LogP contribution in [0, 0.1) is 0 Å². The molecule has 1 aliphatic heterocycles. The molecule has 0 amide bonds. The molecular weight excluding hydrogens is 225 g/mol. The van der Waals surface area contributed by atoms with E-state index in [0.29, 0.717) is 0 Å². The third-order valence-electron chi connectivity index (χ3n) is 2.06. The fourth-order valence-corrected chi connectivity index (χ4v) is 1.43. The molecule has 0 saturated heterocycles. The van der Waals surface area contributed by atoms with E-state index in [1.807, 2.05) is 0 Å². The molecule has 86 valence electrons. The minimum atomic E-state index is -4.91. The zero-order valence-electron chi connectivity index (χ0n) is 8.17. The molecule has 0 spiro atoms. The number of ketones is 1. The first-order valence-corrected chi connectivity index (χ1v) is 4.47. The summed E-state index contributed by atoms with van der Waals surface area (Å²) in [5, 5.41) is 0. The van der Waals surface area contributed by atoms with Crippen molar-refractivity contribution in [1.29, 1.82) is 0 Å². The Kier molecular flexibility index (Phi) is 2.29. The van der Waals surface area contributed by atoms with Gasteiger partial charge in [0.15, 0.2) is 11.5 Å². The van der Waals surface area contributed by atoms with Crippen LogP contribution in [0.5, 0.6) is 11.5 Å². The number of carbonyl (C=O) groups is 1. The van der Waals surface area contributed by atoms with Crippen molar-refractivity contribution in [3.63, 3.8) is 0 Å². The van der Waals surface area contributed by atoms with Gasteiger partial charge in [0.25, 0.3) is 5.78 Å². The molecule has 16 heavy (non-hydrogen) atoms. The van der Waals surface area contributed by atoms with Gasteiger partial charge < -0.3 is 9.47 Å². The number of Topliss-reactive ketones (excluding diaryl/α,β-unsaturated/α-hetero) is 1. The number of rotatable bonds is 1. The second-order valence-corrected chi connectivity index (χ2v) is 3.26. The van der Waals surface area contributed by atoms with Crippen LogP contribution in [0.15, 0.2) is 18.2 Å². The molecule has 0 aliphatic carbocycles. The lowest BCUT2D eigenvalue weighted by Crippen LogP contribution is -2.23. The minimum Gasteiger partial charge on any atom is -0.451 e. The number of fused-ring (bicyclic) bond motifs is 1. The van der Waals surface area contributed by atoms with Crippen LogP contribution in [0.4, 0.5) is 13.2 Å². The smallest absolute Gasteiger partial charge is 0.451 e. The number of halogens is 3. The summed E-state index contributed by atoms with van der Waals surface area (Å²) in [6, 6.07) is 3.83. The van der Waals surface area contributed by atoms with Crippen LogP contribution in [0.25, 0.3) is 0 Å². The van der Waals surface area contributed by atoms with E-state index in [4.69, 9.17) is 9.47 Å². The van der Waals surface area contributed by atoms with Crippen LogP contribution in [0.2, 0.25) is 0 Å². The molecule has 3 nitrogen and oxygen atoms in total. The lowest BCUT2D eigenvalue weighted by Gasteiger charge is -2.07. The largest absolute Gasteiger partial charge is 0.455 e. The van der Waals surface area contributed by atoms with Gasteiger partial charge >= 0.3 is 6.18 Å². The summed E-state index contributed by atoms with van der Waals surface area (Å²) >= 11 is 0. The van der Waals surface area contributed by atoms with Gasteiger partial charge in [0.1, 0.15) is 0 Å². The predicted octanol–water partition coefficient (Wildman–Crippen LogP) is 2.55. The Bertz CT molecular complexity index is 439. The standard InChI is InChI=1S/C10H7F3O3/c1-5-15-7-4-2-3-6(8(7)16-5)9(14)10(11,12)13/h2-5H,1H3. The summed E-state index contributed by atoms with van der Waals surface area (Å²) < 4.78 is 46.8. The van der Waals surface area contributed by atoms with Gasteiger partial charge in [-0.3, -0.25) is 4.79 Å². The third kappa shape index (κ3) is 1.70. The molecule has 0 radical (unpaired) electrons. The van der Waals surface area contributed by atoms with Crippen LogP contribution in [-0.4, -0.2) is 18.2 Å². The van der Waals surface area contributed by atoms with Crippen molar-refractivity contribution in [2.24, 2.45) is 0 Å². The number of alkyl halides is 3.